The van der Waals surface area contributed by atoms with Crippen molar-refractivity contribution in [3.63, 3.8) is 0 Å². The van der Waals surface area contributed by atoms with E-state index in [1.807, 2.05) is 78.9 Å². The van der Waals surface area contributed by atoms with E-state index in [9.17, 15) is 24.8 Å². The fourth-order valence-electron chi connectivity index (χ4n) is 6.88. The van der Waals surface area contributed by atoms with E-state index < -0.39 is 40.2 Å². The molecule has 1 unspecified atom stereocenters. The first-order valence-electron chi connectivity index (χ1n) is 17.5. The summed E-state index contributed by atoms with van der Waals surface area (Å²) in [6, 6.07) is 31.2. The number of rotatable bonds is 15. The number of benzene rings is 4. The van der Waals surface area contributed by atoms with Crippen LogP contribution < -0.4 is 20.7 Å². The molecule has 2 heterocycles. The minimum absolute atomic E-state index is 0.0221. The zero-order valence-corrected chi connectivity index (χ0v) is 30.5. The van der Waals surface area contributed by atoms with Gasteiger partial charge in [0.1, 0.15) is 36.2 Å². The molecule has 1 saturated heterocycles. The van der Waals surface area contributed by atoms with Crippen LogP contribution in [0.15, 0.2) is 119 Å². The molecule has 1 aliphatic heterocycles. The van der Waals surface area contributed by atoms with Gasteiger partial charge in [-0.25, -0.2) is 9.36 Å². The predicted octanol–water partition coefficient (Wildman–Crippen LogP) is 5.68. The van der Waals surface area contributed by atoms with Gasteiger partial charge < -0.3 is 28.8 Å². The molecular formula is C41H43N3O10. The van der Waals surface area contributed by atoms with E-state index in [1.54, 1.807) is 46.3 Å². The predicted molar refractivity (Wildman–Crippen MR) is 200 cm³/mol. The quantitative estimate of drug-likeness (QED) is 0.0807. The molecule has 1 fully saturated rings. The number of hydrogen-bond acceptors (Lipinski definition) is 10. The summed E-state index contributed by atoms with van der Waals surface area (Å²) in [7, 11) is 3.20. The lowest BCUT2D eigenvalue weighted by atomic mass is 9.80. The van der Waals surface area contributed by atoms with Gasteiger partial charge in [0.25, 0.3) is 11.2 Å². The molecular weight excluding hydrogens is 694 g/mol. The maximum Gasteiger partial charge on any atom is 0.335 e. The number of aromatic nitrogens is 2. The average molecular weight is 738 g/mol. The number of nitro groups is 1. The molecule has 4 aromatic carbocycles. The van der Waals surface area contributed by atoms with Gasteiger partial charge in [0.2, 0.25) is 0 Å². The first-order chi connectivity index (χ1) is 26.1. The lowest BCUT2D eigenvalue weighted by molar-refractivity contribution is -0.385. The van der Waals surface area contributed by atoms with Crippen molar-refractivity contribution in [3.8, 4) is 11.5 Å². The number of aliphatic hydroxyl groups is 1. The highest BCUT2D eigenvalue weighted by molar-refractivity contribution is 5.50. The van der Waals surface area contributed by atoms with Crippen LogP contribution in [0.5, 0.6) is 11.5 Å². The van der Waals surface area contributed by atoms with Crippen LogP contribution in [-0.2, 0) is 26.5 Å². The van der Waals surface area contributed by atoms with Crippen molar-refractivity contribution in [1.29, 1.82) is 0 Å². The van der Waals surface area contributed by atoms with Crippen LogP contribution in [0.4, 0.5) is 5.69 Å². The van der Waals surface area contributed by atoms with Gasteiger partial charge in [0.05, 0.1) is 38.5 Å². The molecule has 0 radical (unpaired) electrons. The van der Waals surface area contributed by atoms with Crippen molar-refractivity contribution in [2.45, 2.75) is 57.0 Å². The van der Waals surface area contributed by atoms with Gasteiger partial charge in [-0.2, -0.15) is 0 Å². The molecule has 13 heteroatoms. The molecule has 1 aromatic heterocycles. The molecule has 54 heavy (non-hydrogen) atoms. The number of hydrogen-bond donors (Lipinski definition) is 1. The Morgan fingerprint density at radius 3 is 2.06 bits per heavy atom. The molecule has 1 N–H and O–H groups in total. The molecule has 0 bridgehead atoms. The highest BCUT2D eigenvalue weighted by Gasteiger charge is 2.42. The van der Waals surface area contributed by atoms with Gasteiger partial charge in [0, 0.05) is 35.7 Å². The minimum atomic E-state index is -1.16. The number of aliphatic hydroxyl groups excluding tert-OH is 1. The fourth-order valence-corrected chi connectivity index (χ4v) is 6.88. The van der Waals surface area contributed by atoms with Crippen LogP contribution in [0.2, 0.25) is 0 Å². The number of aryl methyl sites for hydroxylation is 1. The third-order valence-electron chi connectivity index (χ3n) is 9.77. The molecule has 1 aliphatic rings. The zero-order chi connectivity index (χ0) is 38.4. The molecule has 0 saturated carbocycles. The summed E-state index contributed by atoms with van der Waals surface area (Å²) < 4.78 is 32.2. The Kier molecular flexibility index (Phi) is 11.7. The highest BCUT2D eigenvalue weighted by atomic mass is 16.6. The van der Waals surface area contributed by atoms with Crippen LogP contribution in [0, 0.1) is 17.0 Å². The topological polar surface area (TPSA) is 154 Å². The summed E-state index contributed by atoms with van der Waals surface area (Å²) in [5.74, 6) is 0.965. The first-order valence-corrected chi connectivity index (χ1v) is 17.5. The van der Waals surface area contributed by atoms with Gasteiger partial charge >= 0.3 is 5.69 Å². The zero-order valence-electron chi connectivity index (χ0n) is 30.5. The summed E-state index contributed by atoms with van der Waals surface area (Å²) in [6.07, 6.45) is -1.29. The van der Waals surface area contributed by atoms with Crippen molar-refractivity contribution in [1.82, 2.24) is 9.13 Å². The molecule has 5 aromatic rings. The summed E-state index contributed by atoms with van der Waals surface area (Å²) in [5.41, 5.74) is 0.775. The molecule has 0 amide bonds. The number of nitro benzene ring substituents is 1. The van der Waals surface area contributed by atoms with Gasteiger partial charge in [-0.1, -0.05) is 79.7 Å². The maximum atomic E-state index is 13.8. The summed E-state index contributed by atoms with van der Waals surface area (Å²) in [6.45, 7) is 2.92. The summed E-state index contributed by atoms with van der Waals surface area (Å²) in [4.78, 5) is 37.9. The largest absolute Gasteiger partial charge is 0.497 e. The standard InChI is InChI=1S/C41H43N3O10/c1-27-23-42(40(47)43(39(27)46)26-52-24-28(2)34-12-8-9-13-35(34)44(48)49)38-22-36(45)37(54-38)25-53-41(29-10-6-5-7-11-29,30-14-18-32(50-3)19-15-30)31-16-20-33(51-4)21-17-31/h5-21,23,28,36-38,45H,22,24-26H2,1-4H3/t28?,36-,37+,38+/m0/s1. The second-order valence-corrected chi connectivity index (χ2v) is 13.2. The van der Waals surface area contributed by atoms with E-state index in [0.717, 1.165) is 21.3 Å². The second-order valence-electron chi connectivity index (χ2n) is 13.2. The number of ether oxygens (including phenoxy) is 5. The summed E-state index contributed by atoms with van der Waals surface area (Å²) >= 11 is 0. The molecule has 6 rings (SSSR count). The molecule has 0 aliphatic carbocycles. The SMILES string of the molecule is COc1ccc(C(OC[C@H]2O[C@@H](n3cc(C)c(=O)n(COCC(C)c4ccccc4[N+](=O)[O-])c3=O)C[C@@H]2O)(c2ccccc2)c2ccc(OC)cc2)cc1. The second kappa shape index (κ2) is 16.6. The normalized spacial score (nSPS) is 17.6. The van der Waals surface area contributed by atoms with E-state index >= 15 is 0 Å². The van der Waals surface area contributed by atoms with Crippen molar-refractivity contribution in [2.75, 3.05) is 27.4 Å². The average Bonchev–Trinajstić information content (AvgIpc) is 3.58. The van der Waals surface area contributed by atoms with E-state index in [0.29, 0.717) is 17.1 Å². The molecule has 13 nitrogen and oxygen atoms in total. The van der Waals surface area contributed by atoms with Crippen LogP contribution in [-0.4, -0.2) is 58.8 Å². The smallest absolute Gasteiger partial charge is 0.335 e. The Balaban J connectivity index is 1.25. The Bertz CT molecular complexity index is 2120. The monoisotopic (exact) mass is 737 g/mol. The third kappa shape index (κ3) is 7.71. The summed E-state index contributed by atoms with van der Waals surface area (Å²) in [5, 5.41) is 22.8. The van der Waals surface area contributed by atoms with Gasteiger partial charge in [-0.3, -0.25) is 19.5 Å². The van der Waals surface area contributed by atoms with E-state index in [4.69, 9.17) is 23.7 Å². The van der Waals surface area contributed by atoms with Crippen LogP contribution in [0.1, 0.15) is 53.3 Å². The lowest BCUT2D eigenvalue weighted by Gasteiger charge is -2.37. The number of nitrogens with zero attached hydrogens (tertiary/aromatic N) is 3. The number of methoxy groups -OCH3 is 2. The van der Waals surface area contributed by atoms with Gasteiger partial charge in [-0.05, 0) is 47.9 Å². The van der Waals surface area contributed by atoms with E-state index in [1.165, 1.54) is 16.8 Å². The fraction of sp³-hybridized carbons (Fsp3) is 0.317. The minimum Gasteiger partial charge on any atom is -0.497 e. The molecule has 282 valence electrons. The number of para-hydroxylation sites is 1. The van der Waals surface area contributed by atoms with Crippen LogP contribution >= 0.6 is 0 Å². The van der Waals surface area contributed by atoms with Crippen molar-refractivity contribution < 1.29 is 33.7 Å². The first kappa shape index (κ1) is 38.1. The highest BCUT2D eigenvalue weighted by Crippen LogP contribution is 2.42. The van der Waals surface area contributed by atoms with Crippen molar-refractivity contribution in [2.24, 2.45) is 0 Å². The van der Waals surface area contributed by atoms with E-state index in [2.05, 4.69) is 0 Å². The van der Waals surface area contributed by atoms with Crippen molar-refractivity contribution in [3.05, 3.63) is 168 Å². The van der Waals surface area contributed by atoms with Crippen molar-refractivity contribution >= 4 is 5.69 Å². The Morgan fingerprint density at radius 2 is 1.46 bits per heavy atom. The lowest BCUT2D eigenvalue weighted by Crippen LogP contribution is -2.42. The van der Waals surface area contributed by atoms with Gasteiger partial charge in [0.15, 0.2) is 0 Å². The van der Waals surface area contributed by atoms with Crippen LogP contribution in [0.3, 0.4) is 0 Å². The molecule has 4 atom stereocenters. The third-order valence-corrected chi connectivity index (χ3v) is 9.77. The van der Waals surface area contributed by atoms with Gasteiger partial charge in [-0.15, -0.1) is 0 Å². The molecule has 0 spiro atoms. The van der Waals surface area contributed by atoms with Crippen LogP contribution in [0.25, 0.3) is 0 Å². The Morgan fingerprint density at radius 1 is 0.889 bits per heavy atom. The van der Waals surface area contributed by atoms with E-state index in [-0.39, 0.29) is 43.5 Å². The maximum absolute atomic E-state index is 13.8. The Hall–Kier alpha value is -5.60. The Labute approximate surface area is 312 Å².